The molecule has 0 saturated carbocycles. The van der Waals surface area contributed by atoms with Crippen LogP contribution in [0.15, 0.2) is 53.4 Å². The van der Waals surface area contributed by atoms with Gasteiger partial charge in [0.1, 0.15) is 17.2 Å². The highest BCUT2D eigenvalue weighted by molar-refractivity contribution is 6.20. The molecule has 136 valence electrons. The Morgan fingerprint density at radius 3 is 2.81 bits per heavy atom. The average Bonchev–Trinajstić information content (AvgIpc) is 2.98. The highest BCUT2D eigenvalue weighted by Crippen LogP contribution is 2.30. The minimum atomic E-state index is -0.0122. The number of pyridine rings is 1. The number of allylic oxidation sites excluding steroid dienone is 3. The molecule has 0 amide bonds. The Morgan fingerprint density at radius 1 is 1.27 bits per heavy atom. The Morgan fingerprint density at radius 2 is 2.08 bits per heavy atom. The monoisotopic (exact) mass is 352 g/mol. The van der Waals surface area contributed by atoms with E-state index in [0.29, 0.717) is 17.2 Å². The summed E-state index contributed by atoms with van der Waals surface area (Å²) in [6.07, 6.45) is 6.51. The lowest BCUT2D eigenvalue weighted by molar-refractivity contribution is 0.316. The van der Waals surface area contributed by atoms with Crippen molar-refractivity contribution in [1.29, 1.82) is 5.41 Å². The Kier molecular flexibility index (Phi) is 5.48. The zero-order chi connectivity index (χ0) is 18.5. The second kappa shape index (κ2) is 7.97. The van der Waals surface area contributed by atoms with Gasteiger partial charge >= 0.3 is 0 Å². The first-order valence-electron chi connectivity index (χ1n) is 8.82. The summed E-state index contributed by atoms with van der Waals surface area (Å²) in [5.41, 5.74) is 2.20. The van der Waals surface area contributed by atoms with Crippen molar-refractivity contribution in [3.63, 3.8) is 0 Å². The lowest BCUT2D eigenvalue weighted by Crippen LogP contribution is -2.28. The van der Waals surface area contributed by atoms with Crippen molar-refractivity contribution < 1.29 is 5.11 Å². The van der Waals surface area contributed by atoms with E-state index in [9.17, 15) is 5.11 Å². The van der Waals surface area contributed by atoms with E-state index in [2.05, 4.69) is 34.2 Å². The third-order valence-electron chi connectivity index (χ3n) is 4.34. The van der Waals surface area contributed by atoms with Crippen molar-refractivity contribution in [3.8, 4) is 0 Å². The normalized spacial score (nSPS) is 15.9. The van der Waals surface area contributed by atoms with E-state index in [1.807, 2.05) is 24.4 Å². The predicted molar refractivity (Wildman–Crippen MR) is 106 cm³/mol. The number of fused-ring (bicyclic) bond motifs is 1. The quantitative estimate of drug-likeness (QED) is 0.668. The van der Waals surface area contributed by atoms with Crippen LogP contribution in [-0.2, 0) is 0 Å². The van der Waals surface area contributed by atoms with Crippen LogP contribution >= 0.6 is 0 Å². The maximum Gasteiger partial charge on any atom is 0.175 e. The fourth-order valence-electron chi connectivity index (χ4n) is 2.83. The van der Waals surface area contributed by atoms with Gasteiger partial charge in [-0.1, -0.05) is 19.9 Å². The van der Waals surface area contributed by atoms with Gasteiger partial charge in [0.05, 0.1) is 11.2 Å². The minimum absolute atomic E-state index is 0.0122. The van der Waals surface area contributed by atoms with Crippen LogP contribution in [-0.4, -0.2) is 57.2 Å². The topological polar surface area (TPSA) is 89.0 Å². The summed E-state index contributed by atoms with van der Waals surface area (Å²) < 4.78 is 1.77. The van der Waals surface area contributed by atoms with E-state index in [1.165, 1.54) is 6.08 Å². The van der Waals surface area contributed by atoms with Gasteiger partial charge in [0.2, 0.25) is 0 Å². The standard InChI is InChI=1S/C19H24N6O/c1-3-24(4-2)12-10-21-19-18(16-7-5-6-11-25(16)23-19)22-15-9-8-14(20)13-17(15)26/h5-9,11,13,20,26H,3-4,10,12H2,1-2H3,(H,21,23)/b20-14?,22-15+. The number of hydrogen-bond acceptors (Lipinski definition) is 6. The van der Waals surface area contributed by atoms with Gasteiger partial charge in [-0.25, -0.2) is 9.51 Å². The van der Waals surface area contributed by atoms with Gasteiger partial charge in [-0.05, 0) is 37.4 Å². The van der Waals surface area contributed by atoms with Gasteiger partial charge in [0, 0.05) is 25.4 Å². The summed E-state index contributed by atoms with van der Waals surface area (Å²) >= 11 is 0. The van der Waals surface area contributed by atoms with Crippen LogP contribution in [0.4, 0.5) is 11.5 Å². The molecule has 2 heterocycles. The largest absolute Gasteiger partial charge is 0.506 e. The number of rotatable bonds is 7. The van der Waals surface area contributed by atoms with Gasteiger partial charge in [0.15, 0.2) is 5.82 Å². The molecule has 0 aromatic carbocycles. The Bertz CT molecular complexity index is 889. The molecular weight excluding hydrogens is 328 g/mol. The summed E-state index contributed by atoms with van der Waals surface area (Å²) in [5.74, 6) is 0.666. The zero-order valence-electron chi connectivity index (χ0n) is 15.1. The lowest BCUT2D eigenvalue weighted by Gasteiger charge is -2.17. The molecule has 0 saturated heterocycles. The molecule has 0 spiro atoms. The molecule has 7 heteroatoms. The molecule has 3 rings (SSSR count). The van der Waals surface area contributed by atoms with Crippen molar-refractivity contribution in [2.24, 2.45) is 4.99 Å². The number of anilines is 1. The van der Waals surface area contributed by atoms with Gasteiger partial charge < -0.3 is 20.7 Å². The number of likely N-dealkylation sites (N-methyl/N-ethyl adjacent to an activating group) is 1. The van der Waals surface area contributed by atoms with Crippen LogP contribution in [0.2, 0.25) is 0 Å². The smallest absolute Gasteiger partial charge is 0.175 e. The van der Waals surface area contributed by atoms with E-state index in [-0.39, 0.29) is 11.5 Å². The van der Waals surface area contributed by atoms with Crippen LogP contribution in [0.5, 0.6) is 0 Å². The summed E-state index contributed by atoms with van der Waals surface area (Å²) in [6.45, 7) is 7.98. The maximum atomic E-state index is 10.1. The molecule has 0 bridgehead atoms. The predicted octanol–water partition coefficient (Wildman–Crippen LogP) is 3.19. The highest BCUT2D eigenvalue weighted by Gasteiger charge is 2.15. The van der Waals surface area contributed by atoms with E-state index >= 15 is 0 Å². The number of aliphatic hydroxyl groups is 1. The van der Waals surface area contributed by atoms with Gasteiger partial charge in [-0.3, -0.25) is 0 Å². The molecule has 0 aliphatic heterocycles. The van der Waals surface area contributed by atoms with Gasteiger partial charge in [-0.15, -0.1) is 5.10 Å². The first kappa shape index (κ1) is 17.9. The molecule has 2 aromatic heterocycles. The van der Waals surface area contributed by atoms with E-state index in [4.69, 9.17) is 5.41 Å². The van der Waals surface area contributed by atoms with E-state index in [0.717, 1.165) is 31.7 Å². The van der Waals surface area contributed by atoms with Crippen LogP contribution in [0.3, 0.4) is 0 Å². The summed E-state index contributed by atoms with van der Waals surface area (Å²) in [5, 5.41) is 25.6. The molecule has 0 fully saturated rings. The number of nitrogens with zero attached hydrogens (tertiary/aromatic N) is 4. The molecule has 7 nitrogen and oxygen atoms in total. The maximum absolute atomic E-state index is 10.1. The third kappa shape index (κ3) is 3.83. The molecule has 26 heavy (non-hydrogen) atoms. The fraction of sp³-hybridized carbons (Fsp3) is 0.316. The number of aromatic nitrogens is 2. The highest BCUT2D eigenvalue weighted by atomic mass is 16.3. The van der Waals surface area contributed by atoms with Crippen LogP contribution < -0.4 is 5.32 Å². The number of hydrogen-bond donors (Lipinski definition) is 3. The summed E-state index contributed by atoms with van der Waals surface area (Å²) in [6, 6.07) is 5.79. The van der Waals surface area contributed by atoms with Crippen LogP contribution in [0, 0.1) is 5.41 Å². The summed E-state index contributed by atoms with van der Waals surface area (Å²) in [7, 11) is 0. The SMILES string of the molecule is CCN(CC)CCNc1nn2ccccc2c1/N=C1\C=CC(=N)C=C1O. The average molecular weight is 352 g/mol. The molecule has 1 aliphatic rings. The number of aliphatic hydroxyl groups excluding tert-OH is 1. The molecule has 0 atom stereocenters. The van der Waals surface area contributed by atoms with Crippen LogP contribution in [0.25, 0.3) is 5.52 Å². The fourth-order valence-corrected chi connectivity index (χ4v) is 2.83. The van der Waals surface area contributed by atoms with E-state index in [1.54, 1.807) is 16.7 Å². The zero-order valence-corrected chi connectivity index (χ0v) is 15.1. The summed E-state index contributed by atoms with van der Waals surface area (Å²) in [4.78, 5) is 6.95. The van der Waals surface area contributed by atoms with E-state index < -0.39 is 0 Å². The molecule has 0 unspecified atom stereocenters. The third-order valence-corrected chi connectivity index (χ3v) is 4.34. The van der Waals surface area contributed by atoms with Crippen LogP contribution in [0.1, 0.15) is 13.8 Å². The Hall–Kier alpha value is -2.93. The minimum Gasteiger partial charge on any atom is -0.506 e. The van der Waals surface area contributed by atoms with Gasteiger partial charge in [-0.2, -0.15) is 0 Å². The van der Waals surface area contributed by atoms with Crippen molar-refractivity contribution >= 4 is 28.4 Å². The molecule has 3 N–H and O–H groups in total. The molecular formula is C19H24N6O. The molecule has 1 aliphatic carbocycles. The lowest BCUT2D eigenvalue weighted by atomic mass is 10.1. The second-order valence-corrected chi connectivity index (χ2v) is 6.00. The van der Waals surface area contributed by atoms with Crippen molar-refractivity contribution in [3.05, 3.63) is 48.4 Å². The molecule has 0 radical (unpaired) electrons. The Labute approximate surface area is 152 Å². The van der Waals surface area contributed by atoms with Crippen molar-refractivity contribution in [2.45, 2.75) is 13.8 Å². The molecule has 2 aromatic rings. The van der Waals surface area contributed by atoms with Crippen molar-refractivity contribution in [1.82, 2.24) is 14.5 Å². The van der Waals surface area contributed by atoms with Gasteiger partial charge in [0.25, 0.3) is 0 Å². The first-order valence-corrected chi connectivity index (χ1v) is 8.82. The second-order valence-electron chi connectivity index (χ2n) is 6.00. The number of nitrogens with one attached hydrogen (secondary N) is 2. The number of aliphatic imine (C=N–C) groups is 1. The first-order chi connectivity index (χ1) is 12.6. The Balaban J connectivity index is 1.92. The van der Waals surface area contributed by atoms with Crippen molar-refractivity contribution in [2.75, 3.05) is 31.5 Å².